The van der Waals surface area contributed by atoms with Crippen LogP contribution in [0, 0.1) is 11.8 Å². The number of carbonyl (C=O) groups excluding carboxylic acids is 1. The summed E-state index contributed by atoms with van der Waals surface area (Å²) in [4.78, 5) is 14.7. The van der Waals surface area contributed by atoms with Crippen molar-refractivity contribution < 1.29 is 4.79 Å². The molecule has 116 valence electrons. The molecule has 0 unspecified atom stereocenters. The molecule has 1 aromatic rings. The van der Waals surface area contributed by atoms with Crippen LogP contribution in [-0.4, -0.2) is 38.4 Å². The van der Waals surface area contributed by atoms with Crippen LogP contribution in [0.15, 0.2) is 6.20 Å². The van der Waals surface area contributed by atoms with Gasteiger partial charge in [-0.2, -0.15) is 0 Å². The summed E-state index contributed by atoms with van der Waals surface area (Å²) in [7, 11) is 0. The SMILES string of the molecule is CC(C)CCn1cc(C(=O)N2CC[C@@H]3CCCC[C@H]32)nn1. The minimum Gasteiger partial charge on any atom is -0.334 e. The fourth-order valence-corrected chi connectivity index (χ4v) is 3.70. The molecule has 1 aromatic heterocycles. The predicted octanol–water partition coefficient (Wildman–Crippen LogP) is 2.73. The van der Waals surface area contributed by atoms with Gasteiger partial charge in [-0.25, -0.2) is 0 Å². The van der Waals surface area contributed by atoms with Gasteiger partial charge in [0.1, 0.15) is 0 Å². The second-order valence-electron chi connectivity index (χ2n) is 6.95. The summed E-state index contributed by atoms with van der Waals surface area (Å²) in [6.45, 7) is 6.11. The molecule has 2 atom stereocenters. The topological polar surface area (TPSA) is 51.0 Å². The molecule has 2 aliphatic rings. The minimum absolute atomic E-state index is 0.0835. The number of aromatic nitrogens is 3. The van der Waals surface area contributed by atoms with Crippen molar-refractivity contribution in [1.82, 2.24) is 19.9 Å². The zero-order valence-electron chi connectivity index (χ0n) is 13.2. The van der Waals surface area contributed by atoms with Crippen molar-refractivity contribution >= 4 is 5.91 Å². The van der Waals surface area contributed by atoms with Crippen molar-refractivity contribution in [3.05, 3.63) is 11.9 Å². The zero-order valence-corrected chi connectivity index (χ0v) is 13.2. The minimum atomic E-state index is 0.0835. The number of amides is 1. The predicted molar refractivity (Wildman–Crippen MR) is 80.9 cm³/mol. The van der Waals surface area contributed by atoms with Crippen molar-refractivity contribution in [2.75, 3.05) is 6.54 Å². The van der Waals surface area contributed by atoms with Gasteiger partial charge in [-0.15, -0.1) is 5.10 Å². The van der Waals surface area contributed by atoms with Crippen molar-refractivity contribution in [3.8, 4) is 0 Å². The molecule has 3 rings (SSSR count). The number of carbonyl (C=O) groups is 1. The van der Waals surface area contributed by atoms with Crippen LogP contribution in [0.2, 0.25) is 0 Å². The fourth-order valence-electron chi connectivity index (χ4n) is 3.70. The van der Waals surface area contributed by atoms with E-state index in [1.54, 1.807) is 0 Å². The zero-order chi connectivity index (χ0) is 14.8. The van der Waals surface area contributed by atoms with E-state index in [-0.39, 0.29) is 5.91 Å². The van der Waals surface area contributed by atoms with E-state index in [9.17, 15) is 4.79 Å². The summed E-state index contributed by atoms with van der Waals surface area (Å²) in [5.74, 6) is 1.44. The summed E-state index contributed by atoms with van der Waals surface area (Å²) in [6, 6.07) is 0.451. The Bertz CT molecular complexity index is 496. The Balaban J connectivity index is 1.65. The van der Waals surface area contributed by atoms with Crippen LogP contribution in [0.3, 0.4) is 0 Å². The van der Waals surface area contributed by atoms with Gasteiger partial charge in [0.25, 0.3) is 5.91 Å². The average Bonchev–Trinajstić information content (AvgIpc) is 3.11. The number of hydrogen-bond acceptors (Lipinski definition) is 3. The summed E-state index contributed by atoms with van der Waals surface area (Å²) < 4.78 is 1.81. The Morgan fingerprint density at radius 2 is 2.14 bits per heavy atom. The van der Waals surface area contributed by atoms with Crippen molar-refractivity contribution in [1.29, 1.82) is 0 Å². The third-order valence-electron chi connectivity index (χ3n) is 4.96. The van der Waals surface area contributed by atoms with Crippen LogP contribution in [0.25, 0.3) is 0 Å². The van der Waals surface area contributed by atoms with Crippen molar-refractivity contribution in [2.45, 2.75) is 65.0 Å². The Morgan fingerprint density at radius 1 is 1.33 bits per heavy atom. The average molecular weight is 290 g/mol. The molecule has 1 aliphatic carbocycles. The van der Waals surface area contributed by atoms with E-state index in [4.69, 9.17) is 0 Å². The molecule has 0 bridgehead atoms. The maximum atomic E-state index is 12.7. The quantitative estimate of drug-likeness (QED) is 0.856. The van der Waals surface area contributed by atoms with Crippen LogP contribution < -0.4 is 0 Å². The third-order valence-corrected chi connectivity index (χ3v) is 4.96. The van der Waals surface area contributed by atoms with Gasteiger partial charge < -0.3 is 4.90 Å². The second-order valence-corrected chi connectivity index (χ2v) is 6.95. The molecule has 1 saturated carbocycles. The standard InChI is InChI=1S/C16H26N4O/c1-12(2)7-9-19-11-14(17-18-19)16(21)20-10-8-13-5-3-4-6-15(13)20/h11-13,15H,3-10H2,1-2H3/t13-,15+/m0/s1. The first-order valence-corrected chi connectivity index (χ1v) is 8.36. The monoisotopic (exact) mass is 290 g/mol. The molecule has 0 spiro atoms. The molecule has 0 radical (unpaired) electrons. The van der Waals surface area contributed by atoms with E-state index >= 15 is 0 Å². The van der Waals surface area contributed by atoms with Crippen molar-refractivity contribution in [2.24, 2.45) is 11.8 Å². The van der Waals surface area contributed by atoms with Crippen LogP contribution >= 0.6 is 0 Å². The van der Waals surface area contributed by atoms with E-state index in [2.05, 4.69) is 29.1 Å². The summed E-state index contributed by atoms with van der Waals surface area (Å²) in [5, 5.41) is 8.20. The van der Waals surface area contributed by atoms with Gasteiger partial charge in [-0.3, -0.25) is 9.48 Å². The lowest BCUT2D eigenvalue weighted by molar-refractivity contribution is 0.0684. The molecular formula is C16H26N4O. The lowest BCUT2D eigenvalue weighted by atomic mass is 9.85. The fraction of sp³-hybridized carbons (Fsp3) is 0.812. The number of fused-ring (bicyclic) bond motifs is 1. The van der Waals surface area contributed by atoms with Gasteiger partial charge in [-0.1, -0.05) is 31.9 Å². The maximum absolute atomic E-state index is 12.7. The van der Waals surface area contributed by atoms with E-state index in [1.807, 2.05) is 10.9 Å². The molecule has 5 nitrogen and oxygen atoms in total. The molecule has 5 heteroatoms. The highest BCUT2D eigenvalue weighted by atomic mass is 16.2. The van der Waals surface area contributed by atoms with Crippen molar-refractivity contribution in [3.63, 3.8) is 0 Å². The molecule has 1 amide bonds. The van der Waals surface area contributed by atoms with Gasteiger partial charge in [-0.05, 0) is 37.5 Å². The molecule has 21 heavy (non-hydrogen) atoms. The molecule has 1 aliphatic heterocycles. The van der Waals surface area contributed by atoms with Crippen LogP contribution in [-0.2, 0) is 6.54 Å². The molecule has 2 heterocycles. The van der Waals surface area contributed by atoms with Gasteiger partial charge >= 0.3 is 0 Å². The van der Waals surface area contributed by atoms with E-state index in [0.717, 1.165) is 38.3 Å². The lowest BCUT2D eigenvalue weighted by Gasteiger charge is -2.31. The first kappa shape index (κ1) is 14.5. The highest BCUT2D eigenvalue weighted by Crippen LogP contribution is 2.36. The van der Waals surface area contributed by atoms with E-state index in [1.165, 1.54) is 19.3 Å². The Labute approximate surface area is 126 Å². The molecule has 1 saturated heterocycles. The Hall–Kier alpha value is -1.39. The van der Waals surface area contributed by atoms with E-state index < -0.39 is 0 Å². The van der Waals surface area contributed by atoms with E-state index in [0.29, 0.717) is 17.7 Å². The van der Waals surface area contributed by atoms with Gasteiger partial charge in [0.15, 0.2) is 5.69 Å². The smallest absolute Gasteiger partial charge is 0.276 e. The first-order chi connectivity index (χ1) is 10.1. The summed E-state index contributed by atoms with van der Waals surface area (Å²) >= 11 is 0. The van der Waals surface area contributed by atoms with Gasteiger partial charge in [0.2, 0.25) is 0 Å². The molecule has 2 fully saturated rings. The van der Waals surface area contributed by atoms with Crippen LogP contribution in [0.5, 0.6) is 0 Å². The highest BCUT2D eigenvalue weighted by Gasteiger charge is 2.39. The number of rotatable bonds is 4. The summed E-state index contributed by atoms with van der Waals surface area (Å²) in [5.41, 5.74) is 0.518. The summed E-state index contributed by atoms with van der Waals surface area (Å²) in [6.07, 6.45) is 9.08. The number of nitrogens with zero attached hydrogens (tertiary/aromatic N) is 4. The molecule has 0 N–H and O–H groups in total. The number of hydrogen-bond donors (Lipinski definition) is 0. The highest BCUT2D eigenvalue weighted by molar-refractivity contribution is 5.92. The lowest BCUT2D eigenvalue weighted by Crippen LogP contribution is -2.39. The Kier molecular flexibility index (Phi) is 4.27. The Morgan fingerprint density at radius 3 is 2.95 bits per heavy atom. The van der Waals surface area contributed by atoms with Crippen LogP contribution in [0.1, 0.15) is 62.9 Å². The number of aryl methyl sites for hydroxylation is 1. The van der Waals surface area contributed by atoms with Gasteiger partial charge in [0.05, 0.1) is 6.20 Å². The second kappa shape index (κ2) is 6.16. The maximum Gasteiger partial charge on any atom is 0.276 e. The first-order valence-electron chi connectivity index (χ1n) is 8.36. The number of likely N-dealkylation sites (tertiary alicyclic amines) is 1. The third kappa shape index (κ3) is 3.11. The van der Waals surface area contributed by atoms with Gasteiger partial charge in [0, 0.05) is 19.1 Å². The normalized spacial score (nSPS) is 25.4. The molecule has 0 aromatic carbocycles. The largest absolute Gasteiger partial charge is 0.334 e. The molecular weight excluding hydrogens is 264 g/mol. The van der Waals surface area contributed by atoms with Crippen LogP contribution in [0.4, 0.5) is 0 Å².